The van der Waals surface area contributed by atoms with E-state index in [9.17, 15) is 9.18 Å². The second-order valence-electron chi connectivity index (χ2n) is 5.90. The number of aldehydes is 1. The molecule has 0 unspecified atom stereocenters. The number of carbonyl (C=O) groups is 1. The van der Waals surface area contributed by atoms with E-state index in [1.165, 1.54) is 23.9 Å². The van der Waals surface area contributed by atoms with Gasteiger partial charge in [0.2, 0.25) is 0 Å². The molecule has 0 aliphatic rings. The number of halogens is 1. The molecule has 1 aromatic carbocycles. The molecule has 0 saturated carbocycles. The first kappa shape index (κ1) is 17.4. The van der Waals surface area contributed by atoms with Gasteiger partial charge in [-0.1, -0.05) is 37.7 Å². The molecule has 3 aromatic rings. The smallest absolute Gasteiger partial charge is 0.185 e. The summed E-state index contributed by atoms with van der Waals surface area (Å²) in [4.78, 5) is 21.1. The van der Waals surface area contributed by atoms with Crippen LogP contribution >= 0.6 is 11.8 Å². The van der Waals surface area contributed by atoms with Crippen LogP contribution in [-0.2, 0) is 6.54 Å². The Morgan fingerprint density at radius 2 is 2.08 bits per heavy atom. The standard InChI is InChI=1S/C19H18FN3OS/c1-13(2)18-19(25-16-8-5-6-14(20)10-16)23(17(12-24)22-18)11-15-7-3-4-9-21-15/h3-10,12-13H,11H2,1-2H3. The SMILES string of the molecule is CC(C)c1nc(C=O)n(Cc2ccccn2)c1Sc1cccc(F)c1. The molecule has 3 rings (SSSR count). The van der Waals surface area contributed by atoms with E-state index in [0.29, 0.717) is 12.4 Å². The Kier molecular flexibility index (Phi) is 5.28. The molecule has 128 valence electrons. The molecule has 0 spiro atoms. The summed E-state index contributed by atoms with van der Waals surface area (Å²) in [6.45, 7) is 4.49. The first-order valence-electron chi connectivity index (χ1n) is 7.97. The van der Waals surface area contributed by atoms with E-state index < -0.39 is 0 Å². The van der Waals surface area contributed by atoms with Crippen LogP contribution in [0.3, 0.4) is 0 Å². The lowest BCUT2D eigenvalue weighted by atomic mass is 10.1. The summed E-state index contributed by atoms with van der Waals surface area (Å²) in [5.74, 6) is 0.204. The molecule has 0 amide bonds. The topological polar surface area (TPSA) is 47.8 Å². The third kappa shape index (κ3) is 3.96. The van der Waals surface area contributed by atoms with Crippen LogP contribution in [0.25, 0.3) is 0 Å². The van der Waals surface area contributed by atoms with Crippen molar-refractivity contribution in [3.8, 4) is 0 Å². The van der Waals surface area contributed by atoms with E-state index in [-0.39, 0.29) is 11.7 Å². The molecular formula is C19H18FN3OS. The molecule has 0 saturated heterocycles. The second-order valence-corrected chi connectivity index (χ2v) is 6.96. The fourth-order valence-corrected chi connectivity index (χ4v) is 3.69. The number of hydrogen-bond acceptors (Lipinski definition) is 4. The molecule has 0 fully saturated rings. The van der Waals surface area contributed by atoms with E-state index >= 15 is 0 Å². The third-order valence-corrected chi connectivity index (χ3v) is 4.80. The van der Waals surface area contributed by atoms with E-state index in [1.54, 1.807) is 12.3 Å². The highest BCUT2D eigenvalue weighted by Crippen LogP contribution is 2.35. The monoisotopic (exact) mass is 355 g/mol. The molecule has 0 bridgehead atoms. The van der Waals surface area contributed by atoms with Gasteiger partial charge in [-0.25, -0.2) is 9.37 Å². The van der Waals surface area contributed by atoms with E-state index in [2.05, 4.69) is 9.97 Å². The molecule has 4 nitrogen and oxygen atoms in total. The number of hydrogen-bond donors (Lipinski definition) is 0. The van der Waals surface area contributed by atoms with Crippen molar-refractivity contribution in [2.24, 2.45) is 0 Å². The predicted molar refractivity (Wildman–Crippen MR) is 95.6 cm³/mol. The number of benzene rings is 1. The van der Waals surface area contributed by atoms with Gasteiger partial charge in [-0.05, 0) is 36.2 Å². The van der Waals surface area contributed by atoms with Crippen LogP contribution in [0.15, 0.2) is 58.6 Å². The Labute approximate surface area is 150 Å². The molecular weight excluding hydrogens is 337 g/mol. The van der Waals surface area contributed by atoms with Crippen LogP contribution in [0, 0.1) is 5.82 Å². The van der Waals surface area contributed by atoms with Crippen LogP contribution in [0.1, 0.15) is 41.8 Å². The van der Waals surface area contributed by atoms with E-state index in [4.69, 9.17) is 0 Å². The van der Waals surface area contributed by atoms with Gasteiger partial charge in [0.15, 0.2) is 12.1 Å². The van der Waals surface area contributed by atoms with Gasteiger partial charge in [-0.2, -0.15) is 0 Å². The third-order valence-electron chi connectivity index (χ3n) is 3.68. The van der Waals surface area contributed by atoms with Crippen LogP contribution in [0.4, 0.5) is 4.39 Å². The number of imidazole rings is 1. The summed E-state index contributed by atoms with van der Waals surface area (Å²) in [6, 6.07) is 12.1. The normalized spacial score (nSPS) is 11.0. The lowest BCUT2D eigenvalue weighted by molar-refractivity contribution is 0.111. The van der Waals surface area contributed by atoms with Gasteiger partial charge in [0.1, 0.15) is 10.8 Å². The summed E-state index contributed by atoms with van der Waals surface area (Å²) in [5, 5.41) is 0.841. The predicted octanol–water partition coefficient (Wildman–Crippen LogP) is 4.55. The average Bonchev–Trinajstić information content (AvgIpc) is 2.94. The van der Waals surface area contributed by atoms with Crippen LogP contribution in [0.2, 0.25) is 0 Å². The van der Waals surface area contributed by atoms with Gasteiger partial charge in [0, 0.05) is 11.1 Å². The minimum absolute atomic E-state index is 0.139. The van der Waals surface area contributed by atoms with Crippen molar-refractivity contribution >= 4 is 18.0 Å². The van der Waals surface area contributed by atoms with Gasteiger partial charge >= 0.3 is 0 Å². The Morgan fingerprint density at radius 1 is 1.24 bits per heavy atom. The van der Waals surface area contributed by atoms with E-state index in [0.717, 1.165) is 27.6 Å². The number of carbonyl (C=O) groups excluding carboxylic acids is 1. The lowest BCUT2D eigenvalue weighted by Crippen LogP contribution is -2.07. The number of aromatic nitrogens is 3. The molecule has 25 heavy (non-hydrogen) atoms. The van der Waals surface area contributed by atoms with Gasteiger partial charge < -0.3 is 4.57 Å². The fourth-order valence-electron chi connectivity index (χ4n) is 2.50. The molecule has 2 aromatic heterocycles. The zero-order valence-corrected chi connectivity index (χ0v) is 14.8. The van der Waals surface area contributed by atoms with Gasteiger partial charge in [-0.3, -0.25) is 9.78 Å². The number of nitrogens with zero attached hydrogens (tertiary/aromatic N) is 3. The summed E-state index contributed by atoms with van der Waals surface area (Å²) in [6.07, 6.45) is 2.47. The molecule has 0 radical (unpaired) electrons. The molecule has 0 aliphatic heterocycles. The van der Waals surface area contributed by atoms with Gasteiger partial charge in [0.25, 0.3) is 0 Å². The molecule has 0 atom stereocenters. The Balaban J connectivity index is 2.06. The summed E-state index contributed by atoms with van der Waals surface area (Å²) in [5.41, 5.74) is 1.66. The Bertz CT molecular complexity index is 878. The Morgan fingerprint density at radius 3 is 2.72 bits per heavy atom. The highest BCUT2D eigenvalue weighted by molar-refractivity contribution is 7.99. The lowest BCUT2D eigenvalue weighted by Gasteiger charge is -2.12. The fraction of sp³-hybridized carbons (Fsp3) is 0.211. The number of rotatable bonds is 6. The van der Waals surface area contributed by atoms with Gasteiger partial charge in [0.05, 0.1) is 17.9 Å². The molecule has 6 heteroatoms. The van der Waals surface area contributed by atoms with Crippen molar-refractivity contribution in [1.29, 1.82) is 0 Å². The highest BCUT2D eigenvalue weighted by Gasteiger charge is 2.20. The minimum Gasteiger partial charge on any atom is -0.310 e. The number of pyridine rings is 1. The van der Waals surface area contributed by atoms with Crippen molar-refractivity contribution in [1.82, 2.24) is 14.5 Å². The van der Waals surface area contributed by atoms with Crippen LogP contribution in [0.5, 0.6) is 0 Å². The first-order valence-corrected chi connectivity index (χ1v) is 8.79. The quantitative estimate of drug-likeness (QED) is 0.609. The van der Waals surface area contributed by atoms with Crippen LogP contribution in [-0.4, -0.2) is 20.8 Å². The van der Waals surface area contributed by atoms with Gasteiger partial charge in [-0.15, -0.1) is 0 Å². The van der Waals surface area contributed by atoms with Crippen molar-refractivity contribution in [3.05, 3.63) is 71.7 Å². The summed E-state index contributed by atoms with van der Waals surface area (Å²) in [7, 11) is 0. The maximum absolute atomic E-state index is 13.5. The van der Waals surface area contributed by atoms with Crippen molar-refractivity contribution < 1.29 is 9.18 Å². The average molecular weight is 355 g/mol. The van der Waals surface area contributed by atoms with E-state index in [1.807, 2.05) is 42.7 Å². The molecule has 2 heterocycles. The van der Waals surface area contributed by atoms with Crippen molar-refractivity contribution in [2.75, 3.05) is 0 Å². The molecule has 0 N–H and O–H groups in total. The minimum atomic E-state index is -0.289. The zero-order valence-electron chi connectivity index (χ0n) is 14.0. The largest absolute Gasteiger partial charge is 0.310 e. The maximum atomic E-state index is 13.5. The molecule has 0 aliphatic carbocycles. The summed E-state index contributed by atoms with van der Waals surface area (Å²) < 4.78 is 15.4. The van der Waals surface area contributed by atoms with Crippen LogP contribution < -0.4 is 0 Å². The van der Waals surface area contributed by atoms with Crippen molar-refractivity contribution in [3.63, 3.8) is 0 Å². The highest BCUT2D eigenvalue weighted by atomic mass is 32.2. The maximum Gasteiger partial charge on any atom is 0.185 e. The summed E-state index contributed by atoms with van der Waals surface area (Å²) >= 11 is 1.41. The Hall–Kier alpha value is -2.47. The first-order chi connectivity index (χ1) is 12.1. The van der Waals surface area contributed by atoms with Crippen molar-refractivity contribution in [2.45, 2.75) is 36.2 Å². The zero-order chi connectivity index (χ0) is 17.8. The second kappa shape index (κ2) is 7.61.